The van der Waals surface area contributed by atoms with Gasteiger partial charge in [0.15, 0.2) is 0 Å². The largest absolute Gasteiger partial charge is 0.268 e. The minimum atomic E-state index is 0.0185. The highest BCUT2D eigenvalue weighted by Gasteiger charge is 2.24. The average molecular weight is 136 g/mol. The zero-order valence-corrected chi connectivity index (χ0v) is 5.53. The molecule has 0 radical (unpaired) electrons. The molecule has 0 atom stereocenters. The highest BCUT2D eigenvalue weighted by Crippen LogP contribution is 2.32. The van der Waals surface area contributed by atoms with E-state index in [9.17, 15) is 4.79 Å². The van der Waals surface area contributed by atoms with Crippen LogP contribution in [-0.2, 0) is 0 Å². The Morgan fingerprint density at radius 1 is 1.60 bits per heavy atom. The predicted octanol–water partition coefficient (Wildman–Crippen LogP) is 0.578. The fraction of sp³-hybridized carbons (Fsp3) is 0.429. The van der Waals surface area contributed by atoms with Crippen LogP contribution in [0.5, 0.6) is 0 Å². The standard InChI is InChI=1S/C7H8N2O/c10-7-2-1-5-8-9(7)6-3-4-6/h1-2,5-6H,3-4H2. The van der Waals surface area contributed by atoms with Crippen LogP contribution in [0.3, 0.4) is 0 Å². The molecule has 1 aliphatic carbocycles. The molecule has 1 fully saturated rings. The summed E-state index contributed by atoms with van der Waals surface area (Å²) in [4.78, 5) is 11.0. The smallest absolute Gasteiger partial charge is 0.266 e. The Morgan fingerprint density at radius 3 is 3.00 bits per heavy atom. The van der Waals surface area contributed by atoms with Crippen molar-refractivity contribution in [3.8, 4) is 0 Å². The van der Waals surface area contributed by atoms with Crippen LogP contribution in [0, 0.1) is 0 Å². The summed E-state index contributed by atoms with van der Waals surface area (Å²) in [5, 5.41) is 3.94. The van der Waals surface area contributed by atoms with Gasteiger partial charge in [-0.25, -0.2) is 4.68 Å². The normalized spacial score (nSPS) is 17.2. The molecule has 0 amide bonds. The Bertz CT molecular complexity index is 288. The molecule has 1 aromatic heterocycles. The molecular formula is C7H8N2O. The second-order valence-corrected chi connectivity index (χ2v) is 2.54. The summed E-state index contributed by atoms with van der Waals surface area (Å²) in [7, 11) is 0. The van der Waals surface area contributed by atoms with Crippen LogP contribution in [-0.4, -0.2) is 9.78 Å². The van der Waals surface area contributed by atoms with Crippen molar-refractivity contribution in [2.24, 2.45) is 0 Å². The maximum Gasteiger partial charge on any atom is 0.266 e. The van der Waals surface area contributed by atoms with Crippen LogP contribution in [0.4, 0.5) is 0 Å². The van der Waals surface area contributed by atoms with E-state index in [1.807, 2.05) is 0 Å². The zero-order valence-electron chi connectivity index (χ0n) is 5.53. The molecule has 52 valence electrons. The number of hydrogen-bond donors (Lipinski definition) is 0. The lowest BCUT2D eigenvalue weighted by molar-refractivity contribution is 0.598. The summed E-state index contributed by atoms with van der Waals surface area (Å²) in [6, 6.07) is 3.61. The molecule has 1 aromatic rings. The summed E-state index contributed by atoms with van der Waals surface area (Å²) in [6.45, 7) is 0. The van der Waals surface area contributed by atoms with Gasteiger partial charge in [0.2, 0.25) is 0 Å². The first kappa shape index (κ1) is 5.65. The van der Waals surface area contributed by atoms with E-state index in [0.717, 1.165) is 12.8 Å². The van der Waals surface area contributed by atoms with Gasteiger partial charge >= 0.3 is 0 Å². The van der Waals surface area contributed by atoms with Gasteiger partial charge in [0.1, 0.15) is 0 Å². The molecule has 10 heavy (non-hydrogen) atoms. The highest BCUT2D eigenvalue weighted by molar-refractivity contribution is 4.90. The third-order valence-corrected chi connectivity index (χ3v) is 1.63. The van der Waals surface area contributed by atoms with Crippen molar-refractivity contribution >= 4 is 0 Å². The molecule has 0 unspecified atom stereocenters. The molecule has 0 N–H and O–H groups in total. The Kier molecular flexibility index (Phi) is 1.09. The van der Waals surface area contributed by atoms with Crippen LogP contribution in [0.2, 0.25) is 0 Å². The maximum absolute atomic E-state index is 11.0. The van der Waals surface area contributed by atoms with Crippen molar-refractivity contribution < 1.29 is 0 Å². The molecule has 1 aliphatic rings. The molecule has 3 heteroatoms. The maximum atomic E-state index is 11.0. The second kappa shape index (κ2) is 1.94. The molecule has 2 rings (SSSR count). The first-order chi connectivity index (χ1) is 4.88. The van der Waals surface area contributed by atoms with Gasteiger partial charge in [-0.15, -0.1) is 0 Å². The van der Waals surface area contributed by atoms with Gasteiger partial charge < -0.3 is 0 Å². The van der Waals surface area contributed by atoms with E-state index in [1.165, 1.54) is 0 Å². The third-order valence-electron chi connectivity index (χ3n) is 1.63. The quantitative estimate of drug-likeness (QED) is 0.566. The number of hydrogen-bond acceptors (Lipinski definition) is 2. The molecule has 3 nitrogen and oxygen atoms in total. The van der Waals surface area contributed by atoms with Crippen LogP contribution in [0.25, 0.3) is 0 Å². The summed E-state index contributed by atoms with van der Waals surface area (Å²) in [6.07, 6.45) is 3.87. The van der Waals surface area contributed by atoms with Gasteiger partial charge in [-0.3, -0.25) is 4.79 Å². The van der Waals surface area contributed by atoms with Crippen molar-refractivity contribution in [3.05, 3.63) is 28.7 Å². The molecule has 0 bridgehead atoms. The van der Waals surface area contributed by atoms with Crippen molar-refractivity contribution in [1.82, 2.24) is 9.78 Å². The topological polar surface area (TPSA) is 34.9 Å². The molecule has 1 saturated carbocycles. The van der Waals surface area contributed by atoms with E-state index in [-0.39, 0.29) is 5.56 Å². The van der Waals surface area contributed by atoms with Crippen LogP contribution in [0.1, 0.15) is 18.9 Å². The Labute approximate surface area is 58.3 Å². The number of aromatic nitrogens is 2. The first-order valence-corrected chi connectivity index (χ1v) is 3.42. The molecular weight excluding hydrogens is 128 g/mol. The summed E-state index contributed by atoms with van der Waals surface area (Å²) in [5.41, 5.74) is 0.0185. The summed E-state index contributed by atoms with van der Waals surface area (Å²) >= 11 is 0. The van der Waals surface area contributed by atoms with Crippen molar-refractivity contribution in [1.29, 1.82) is 0 Å². The third kappa shape index (κ3) is 0.835. The summed E-state index contributed by atoms with van der Waals surface area (Å²) < 4.78 is 1.56. The lowest BCUT2D eigenvalue weighted by atomic mass is 10.5. The zero-order chi connectivity index (χ0) is 6.97. The van der Waals surface area contributed by atoms with E-state index in [4.69, 9.17) is 0 Å². The molecule has 1 heterocycles. The number of rotatable bonds is 1. The van der Waals surface area contributed by atoms with Crippen LogP contribution in [0.15, 0.2) is 23.1 Å². The second-order valence-electron chi connectivity index (χ2n) is 2.54. The van der Waals surface area contributed by atoms with Crippen molar-refractivity contribution in [3.63, 3.8) is 0 Å². The van der Waals surface area contributed by atoms with Crippen molar-refractivity contribution in [2.45, 2.75) is 18.9 Å². The average Bonchev–Trinajstić information content (AvgIpc) is 2.71. The van der Waals surface area contributed by atoms with Crippen molar-refractivity contribution in [2.75, 3.05) is 0 Å². The fourth-order valence-electron chi connectivity index (χ4n) is 0.962. The lowest BCUT2D eigenvalue weighted by Gasteiger charge is -1.96. The first-order valence-electron chi connectivity index (χ1n) is 3.42. The lowest BCUT2D eigenvalue weighted by Crippen LogP contribution is -2.19. The molecule has 0 aromatic carbocycles. The fourth-order valence-corrected chi connectivity index (χ4v) is 0.962. The monoisotopic (exact) mass is 136 g/mol. The minimum absolute atomic E-state index is 0.0185. The SMILES string of the molecule is O=c1cccnn1C1CC1. The van der Waals surface area contributed by atoms with Crippen LogP contribution >= 0.6 is 0 Å². The van der Waals surface area contributed by atoms with E-state index in [0.29, 0.717) is 6.04 Å². The summed E-state index contributed by atoms with van der Waals surface area (Å²) in [5.74, 6) is 0. The van der Waals surface area contributed by atoms with Gasteiger partial charge in [-0.1, -0.05) is 0 Å². The van der Waals surface area contributed by atoms with Gasteiger partial charge in [0, 0.05) is 12.3 Å². The number of nitrogens with zero attached hydrogens (tertiary/aromatic N) is 2. The van der Waals surface area contributed by atoms with Gasteiger partial charge in [0.05, 0.1) is 6.04 Å². The molecule has 0 spiro atoms. The van der Waals surface area contributed by atoms with E-state index < -0.39 is 0 Å². The minimum Gasteiger partial charge on any atom is -0.268 e. The molecule has 0 aliphatic heterocycles. The van der Waals surface area contributed by atoms with Crippen LogP contribution < -0.4 is 5.56 Å². The predicted molar refractivity (Wildman–Crippen MR) is 36.8 cm³/mol. The highest BCUT2D eigenvalue weighted by atomic mass is 16.1. The Morgan fingerprint density at radius 2 is 2.40 bits per heavy atom. The van der Waals surface area contributed by atoms with E-state index in [1.54, 1.807) is 23.0 Å². The molecule has 0 saturated heterocycles. The van der Waals surface area contributed by atoms with Gasteiger partial charge in [-0.2, -0.15) is 5.10 Å². The van der Waals surface area contributed by atoms with Gasteiger partial charge in [-0.05, 0) is 18.9 Å². The van der Waals surface area contributed by atoms with E-state index >= 15 is 0 Å². The van der Waals surface area contributed by atoms with E-state index in [2.05, 4.69) is 5.10 Å². The Hall–Kier alpha value is -1.12. The Balaban J connectivity index is 2.48. The van der Waals surface area contributed by atoms with Gasteiger partial charge in [0.25, 0.3) is 5.56 Å².